The number of ether oxygens (including phenoxy) is 1. The molecule has 1 aliphatic carbocycles. The topological polar surface area (TPSA) is 38.3 Å². The molecule has 0 aliphatic heterocycles. The number of hydrogen-bond donors (Lipinski definition) is 1. The molecule has 3 nitrogen and oxygen atoms in total. The van der Waals surface area contributed by atoms with Crippen molar-refractivity contribution in [3.8, 4) is 0 Å². The molecular weight excluding hydrogens is 270 g/mol. The molecular formula is C16H23NO2S. The van der Waals surface area contributed by atoms with Gasteiger partial charge in [-0.3, -0.25) is 4.79 Å². The van der Waals surface area contributed by atoms with Crippen molar-refractivity contribution < 1.29 is 9.53 Å². The summed E-state index contributed by atoms with van der Waals surface area (Å²) in [7, 11) is 0. The van der Waals surface area contributed by atoms with E-state index in [4.69, 9.17) is 4.74 Å². The third-order valence-corrected chi connectivity index (χ3v) is 4.37. The van der Waals surface area contributed by atoms with Crippen molar-refractivity contribution in [1.82, 2.24) is 5.32 Å². The van der Waals surface area contributed by atoms with Crippen LogP contribution in [-0.4, -0.2) is 24.9 Å². The molecule has 0 heterocycles. The van der Waals surface area contributed by atoms with Crippen LogP contribution in [0.25, 0.3) is 0 Å². The van der Waals surface area contributed by atoms with Gasteiger partial charge < -0.3 is 10.1 Å². The molecule has 1 aromatic rings. The Kier molecular flexibility index (Phi) is 5.49. The molecule has 2 unspecified atom stereocenters. The lowest BCUT2D eigenvalue weighted by molar-refractivity contribution is -0.132. The number of carbonyl (C=O) groups excluding carboxylic acids is 1. The van der Waals surface area contributed by atoms with Gasteiger partial charge in [-0.1, -0.05) is 12.1 Å². The summed E-state index contributed by atoms with van der Waals surface area (Å²) < 4.78 is 5.59. The predicted octanol–water partition coefficient (Wildman–Crippen LogP) is 3.40. The van der Waals surface area contributed by atoms with Crippen LogP contribution in [0, 0.1) is 5.92 Å². The SMILES string of the molecule is CSc1ccc(C(C)NC(=O)C(C)OCC2CC2)cc1. The first-order chi connectivity index (χ1) is 9.60. The summed E-state index contributed by atoms with van der Waals surface area (Å²) in [5.74, 6) is 0.647. The average molecular weight is 293 g/mol. The maximum atomic E-state index is 12.0. The van der Waals surface area contributed by atoms with Crippen LogP contribution < -0.4 is 5.32 Å². The second kappa shape index (κ2) is 7.14. The summed E-state index contributed by atoms with van der Waals surface area (Å²) in [6, 6.07) is 8.29. The zero-order valence-corrected chi connectivity index (χ0v) is 13.2. The van der Waals surface area contributed by atoms with Gasteiger partial charge in [-0.15, -0.1) is 11.8 Å². The minimum absolute atomic E-state index is 0.00498. The number of rotatable bonds is 7. The smallest absolute Gasteiger partial charge is 0.249 e. The number of carbonyl (C=O) groups is 1. The van der Waals surface area contributed by atoms with Crippen LogP contribution in [0.1, 0.15) is 38.3 Å². The van der Waals surface area contributed by atoms with Crippen LogP contribution in [0.5, 0.6) is 0 Å². The van der Waals surface area contributed by atoms with Gasteiger partial charge in [0.2, 0.25) is 5.91 Å². The van der Waals surface area contributed by atoms with E-state index in [2.05, 4.69) is 35.8 Å². The van der Waals surface area contributed by atoms with E-state index in [1.807, 2.05) is 13.8 Å². The second-order valence-corrected chi connectivity index (χ2v) is 6.30. The second-order valence-electron chi connectivity index (χ2n) is 5.42. The van der Waals surface area contributed by atoms with Crippen molar-refractivity contribution in [2.45, 2.75) is 43.7 Å². The fraction of sp³-hybridized carbons (Fsp3) is 0.562. The molecule has 1 amide bonds. The Morgan fingerprint density at radius 3 is 2.55 bits per heavy atom. The first-order valence-corrected chi connectivity index (χ1v) is 8.38. The Morgan fingerprint density at radius 1 is 1.35 bits per heavy atom. The van der Waals surface area contributed by atoms with E-state index in [-0.39, 0.29) is 18.1 Å². The van der Waals surface area contributed by atoms with Crippen molar-refractivity contribution in [3.05, 3.63) is 29.8 Å². The van der Waals surface area contributed by atoms with Crippen LogP contribution in [0.4, 0.5) is 0 Å². The van der Waals surface area contributed by atoms with Gasteiger partial charge in [-0.05, 0) is 56.6 Å². The van der Waals surface area contributed by atoms with Gasteiger partial charge in [0.15, 0.2) is 0 Å². The molecule has 1 fully saturated rings. The summed E-state index contributed by atoms with van der Waals surface area (Å²) >= 11 is 1.72. The molecule has 110 valence electrons. The Hall–Kier alpha value is -1.00. The summed E-state index contributed by atoms with van der Waals surface area (Å²) in [5, 5.41) is 3.01. The van der Waals surface area contributed by atoms with Crippen molar-refractivity contribution in [2.24, 2.45) is 5.92 Å². The lowest BCUT2D eigenvalue weighted by atomic mass is 10.1. The molecule has 1 aliphatic rings. The van der Waals surface area contributed by atoms with Crippen LogP contribution in [-0.2, 0) is 9.53 Å². The molecule has 20 heavy (non-hydrogen) atoms. The predicted molar refractivity (Wildman–Crippen MR) is 82.9 cm³/mol. The van der Waals surface area contributed by atoms with Crippen molar-refractivity contribution in [1.29, 1.82) is 0 Å². The summed E-state index contributed by atoms with van der Waals surface area (Å²) in [6.45, 7) is 4.53. The Labute approximate surface area is 125 Å². The quantitative estimate of drug-likeness (QED) is 0.783. The average Bonchev–Trinajstić information content (AvgIpc) is 3.28. The molecule has 1 aromatic carbocycles. The van der Waals surface area contributed by atoms with E-state index in [0.29, 0.717) is 12.5 Å². The zero-order valence-electron chi connectivity index (χ0n) is 12.4. The van der Waals surface area contributed by atoms with Gasteiger partial charge in [0, 0.05) is 4.90 Å². The van der Waals surface area contributed by atoms with Crippen molar-refractivity contribution >= 4 is 17.7 Å². The Bertz CT molecular complexity index is 442. The van der Waals surface area contributed by atoms with Gasteiger partial charge >= 0.3 is 0 Å². The van der Waals surface area contributed by atoms with Crippen LogP contribution in [0.2, 0.25) is 0 Å². The zero-order chi connectivity index (χ0) is 14.5. The molecule has 0 spiro atoms. The first-order valence-electron chi connectivity index (χ1n) is 7.16. The summed E-state index contributed by atoms with van der Waals surface area (Å²) in [6.07, 6.45) is 4.17. The fourth-order valence-electron chi connectivity index (χ4n) is 1.95. The highest BCUT2D eigenvalue weighted by Crippen LogP contribution is 2.29. The Balaban J connectivity index is 1.81. The summed E-state index contributed by atoms with van der Waals surface area (Å²) in [5.41, 5.74) is 1.12. The largest absolute Gasteiger partial charge is 0.368 e. The normalized spacial score (nSPS) is 17.6. The fourth-order valence-corrected chi connectivity index (χ4v) is 2.36. The van der Waals surface area contributed by atoms with Gasteiger partial charge in [0.25, 0.3) is 0 Å². The van der Waals surface area contributed by atoms with E-state index in [9.17, 15) is 4.79 Å². The molecule has 2 rings (SSSR count). The van der Waals surface area contributed by atoms with E-state index in [0.717, 1.165) is 5.56 Å². The highest BCUT2D eigenvalue weighted by Gasteiger charge is 2.24. The van der Waals surface area contributed by atoms with Gasteiger partial charge in [0.05, 0.1) is 12.6 Å². The van der Waals surface area contributed by atoms with E-state index in [1.54, 1.807) is 11.8 Å². The highest BCUT2D eigenvalue weighted by atomic mass is 32.2. The maximum absolute atomic E-state index is 12.0. The highest BCUT2D eigenvalue weighted by molar-refractivity contribution is 7.98. The minimum atomic E-state index is -0.372. The van der Waals surface area contributed by atoms with Crippen molar-refractivity contribution in [3.63, 3.8) is 0 Å². The molecule has 0 saturated heterocycles. The lowest BCUT2D eigenvalue weighted by Crippen LogP contribution is -2.36. The van der Waals surface area contributed by atoms with E-state index >= 15 is 0 Å². The number of nitrogens with one attached hydrogen (secondary N) is 1. The molecule has 2 atom stereocenters. The molecule has 1 saturated carbocycles. The van der Waals surface area contributed by atoms with E-state index < -0.39 is 0 Å². The first kappa shape index (κ1) is 15.4. The molecule has 4 heteroatoms. The van der Waals surface area contributed by atoms with E-state index in [1.165, 1.54) is 17.7 Å². The molecule has 0 radical (unpaired) electrons. The lowest BCUT2D eigenvalue weighted by Gasteiger charge is -2.18. The Morgan fingerprint density at radius 2 is 2.00 bits per heavy atom. The molecule has 1 N–H and O–H groups in total. The number of hydrogen-bond acceptors (Lipinski definition) is 3. The molecule has 0 aromatic heterocycles. The van der Waals surface area contributed by atoms with Gasteiger partial charge in [-0.25, -0.2) is 0 Å². The van der Waals surface area contributed by atoms with Gasteiger partial charge in [0.1, 0.15) is 6.10 Å². The molecule has 0 bridgehead atoms. The third-order valence-electron chi connectivity index (χ3n) is 3.62. The maximum Gasteiger partial charge on any atom is 0.249 e. The summed E-state index contributed by atoms with van der Waals surface area (Å²) in [4.78, 5) is 13.3. The van der Waals surface area contributed by atoms with Gasteiger partial charge in [-0.2, -0.15) is 0 Å². The monoisotopic (exact) mass is 293 g/mol. The van der Waals surface area contributed by atoms with Crippen LogP contribution in [0.15, 0.2) is 29.2 Å². The number of amides is 1. The van der Waals surface area contributed by atoms with Crippen LogP contribution >= 0.6 is 11.8 Å². The standard InChI is InChI=1S/C16H23NO2S/c1-11(14-6-8-15(20-3)9-7-14)17-16(18)12(2)19-10-13-4-5-13/h6-9,11-13H,4-5,10H2,1-3H3,(H,17,18). The third kappa shape index (κ3) is 4.53. The number of thioether (sulfide) groups is 1. The van der Waals surface area contributed by atoms with Crippen molar-refractivity contribution in [2.75, 3.05) is 12.9 Å². The number of benzene rings is 1. The van der Waals surface area contributed by atoms with Crippen LogP contribution in [0.3, 0.4) is 0 Å². The minimum Gasteiger partial charge on any atom is -0.368 e.